The number of rotatable bonds is 11. The topological polar surface area (TPSA) is 122 Å². The molecule has 2 aromatic rings. The number of fused-ring (bicyclic) bond motifs is 1. The molecule has 1 aromatic carbocycles. The highest BCUT2D eigenvalue weighted by molar-refractivity contribution is 5.87. The molecule has 186 valence electrons. The fourth-order valence-electron chi connectivity index (χ4n) is 4.41. The van der Waals surface area contributed by atoms with E-state index in [1.54, 1.807) is 14.2 Å². The Hall–Kier alpha value is -2.82. The number of hydrogen-bond acceptors (Lipinski definition) is 9. The number of aromatic nitrogens is 2. The Labute approximate surface area is 201 Å². The van der Waals surface area contributed by atoms with Gasteiger partial charge in [-0.2, -0.15) is 5.10 Å². The van der Waals surface area contributed by atoms with Crippen molar-refractivity contribution in [2.45, 2.75) is 38.3 Å². The van der Waals surface area contributed by atoms with Gasteiger partial charge in [0, 0.05) is 37.5 Å². The average Bonchev–Trinajstić information content (AvgIpc) is 3.54. The van der Waals surface area contributed by atoms with Gasteiger partial charge >= 0.3 is 0 Å². The van der Waals surface area contributed by atoms with Gasteiger partial charge in [0.2, 0.25) is 0 Å². The molecule has 2 aliphatic rings. The molecule has 3 heterocycles. The maximum absolute atomic E-state index is 6.97. The highest BCUT2D eigenvalue weighted by atomic mass is 16.5. The first-order valence-electron chi connectivity index (χ1n) is 12.1. The molecule has 5 N–H and O–H groups in total. The predicted octanol–water partition coefficient (Wildman–Crippen LogP) is 1.83. The van der Waals surface area contributed by atoms with E-state index >= 15 is 0 Å². The van der Waals surface area contributed by atoms with Gasteiger partial charge in [0.25, 0.3) is 0 Å². The van der Waals surface area contributed by atoms with Crippen molar-refractivity contribution in [3.63, 3.8) is 0 Å². The first-order valence-corrected chi connectivity index (χ1v) is 12.1. The standard InChI is InChI=1S/C24H37N7O3/c1-4-17-14-22(30-29-17)24(25)18-15-20(33-3)21(34-12-7-11-31-9-5-6-10-31)16-19(18)27-23(28-24)26-8-13-32-2/h14-16H,4-13,25H2,1-3H3,(H,29,30)(H2,26,27,28). The van der Waals surface area contributed by atoms with Crippen molar-refractivity contribution in [2.24, 2.45) is 10.7 Å². The predicted molar refractivity (Wildman–Crippen MR) is 132 cm³/mol. The maximum atomic E-state index is 6.97. The summed E-state index contributed by atoms with van der Waals surface area (Å²) in [6.07, 6.45) is 4.38. The number of benzene rings is 1. The molecule has 1 saturated heterocycles. The average molecular weight is 472 g/mol. The lowest BCUT2D eigenvalue weighted by Crippen LogP contribution is -2.59. The third kappa shape index (κ3) is 5.29. The number of nitrogens with zero attached hydrogens (tertiary/aromatic N) is 3. The van der Waals surface area contributed by atoms with Crippen LogP contribution in [0.4, 0.5) is 5.69 Å². The van der Waals surface area contributed by atoms with Gasteiger partial charge < -0.3 is 29.7 Å². The van der Waals surface area contributed by atoms with Crippen LogP contribution in [-0.4, -0.2) is 74.7 Å². The molecule has 0 radical (unpaired) electrons. The molecule has 0 spiro atoms. The number of aliphatic imine (C=N–C) groups is 1. The second kappa shape index (κ2) is 11.1. The van der Waals surface area contributed by atoms with E-state index in [9.17, 15) is 0 Å². The van der Waals surface area contributed by atoms with Gasteiger partial charge in [-0.3, -0.25) is 10.8 Å². The summed E-state index contributed by atoms with van der Waals surface area (Å²) in [6.45, 7) is 7.24. The Morgan fingerprint density at radius 2 is 1.97 bits per heavy atom. The highest BCUT2D eigenvalue weighted by Crippen LogP contribution is 2.42. The normalized spacial score (nSPS) is 19.9. The van der Waals surface area contributed by atoms with Crippen LogP contribution in [0, 0.1) is 0 Å². The summed E-state index contributed by atoms with van der Waals surface area (Å²) in [7, 11) is 3.30. The fraction of sp³-hybridized carbons (Fsp3) is 0.583. The number of ether oxygens (including phenoxy) is 3. The van der Waals surface area contributed by atoms with Crippen LogP contribution in [0.25, 0.3) is 0 Å². The first kappa shape index (κ1) is 24.3. The molecule has 34 heavy (non-hydrogen) atoms. The molecule has 1 unspecified atom stereocenters. The minimum atomic E-state index is -1.10. The molecule has 0 bridgehead atoms. The van der Waals surface area contributed by atoms with Crippen LogP contribution in [0.15, 0.2) is 23.2 Å². The summed E-state index contributed by atoms with van der Waals surface area (Å²) in [5.74, 6) is 1.83. The van der Waals surface area contributed by atoms with Crippen molar-refractivity contribution >= 4 is 11.6 Å². The SMILES string of the molecule is CCc1cc(C2(N)NC(NCCOC)=Nc3cc(OCCCN4CCCC4)c(OC)cc32)n[nH]1. The molecule has 1 fully saturated rings. The van der Waals surface area contributed by atoms with Crippen LogP contribution in [0.5, 0.6) is 11.5 Å². The van der Waals surface area contributed by atoms with Crippen molar-refractivity contribution in [1.82, 2.24) is 25.7 Å². The van der Waals surface area contributed by atoms with Gasteiger partial charge in [0.05, 0.1) is 26.0 Å². The smallest absolute Gasteiger partial charge is 0.198 e. The molecule has 10 nitrogen and oxygen atoms in total. The highest BCUT2D eigenvalue weighted by Gasteiger charge is 2.39. The van der Waals surface area contributed by atoms with Gasteiger partial charge in [0.1, 0.15) is 5.69 Å². The van der Waals surface area contributed by atoms with E-state index < -0.39 is 5.66 Å². The lowest BCUT2D eigenvalue weighted by atomic mass is 9.92. The number of nitrogens with one attached hydrogen (secondary N) is 3. The quantitative estimate of drug-likeness (QED) is 0.366. The van der Waals surface area contributed by atoms with Crippen LogP contribution in [-0.2, 0) is 16.8 Å². The van der Waals surface area contributed by atoms with E-state index in [1.807, 2.05) is 18.2 Å². The van der Waals surface area contributed by atoms with Crippen LogP contribution in [0.2, 0.25) is 0 Å². The molecular weight excluding hydrogens is 434 g/mol. The second-order valence-electron chi connectivity index (χ2n) is 8.72. The molecule has 0 aliphatic carbocycles. The zero-order valence-corrected chi connectivity index (χ0v) is 20.4. The lowest BCUT2D eigenvalue weighted by molar-refractivity contribution is 0.203. The minimum absolute atomic E-state index is 0.543. The Morgan fingerprint density at radius 3 is 2.68 bits per heavy atom. The molecule has 10 heteroatoms. The second-order valence-corrected chi connectivity index (χ2v) is 8.72. The summed E-state index contributed by atoms with van der Waals surface area (Å²) in [5, 5.41) is 14.1. The number of likely N-dealkylation sites (tertiary alicyclic amines) is 1. The number of aromatic amines is 1. The first-order chi connectivity index (χ1) is 16.6. The molecular formula is C24H37N7O3. The monoisotopic (exact) mass is 471 g/mol. The third-order valence-electron chi connectivity index (χ3n) is 6.34. The van der Waals surface area contributed by atoms with E-state index in [1.165, 1.54) is 25.9 Å². The number of aryl methyl sites for hydroxylation is 1. The molecule has 0 saturated carbocycles. The molecule has 4 rings (SSSR count). The van der Waals surface area contributed by atoms with Gasteiger partial charge in [0.15, 0.2) is 23.1 Å². The number of hydrogen-bond donors (Lipinski definition) is 4. The summed E-state index contributed by atoms with van der Waals surface area (Å²) in [6, 6.07) is 5.77. The van der Waals surface area contributed by atoms with Crippen LogP contribution < -0.4 is 25.8 Å². The Balaban J connectivity index is 1.60. The van der Waals surface area contributed by atoms with Crippen LogP contribution >= 0.6 is 0 Å². The number of methoxy groups -OCH3 is 2. The molecule has 2 aliphatic heterocycles. The van der Waals surface area contributed by atoms with Gasteiger partial charge in [-0.25, -0.2) is 4.99 Å². The van der Waals surface area contributed by atoms with E-state index in [-0.39, 0.29) is 0 Å². The van der Waals surface area contributed by atoms with Gasteiger partial charge in [-0.15, -0.1) is 0 Å². The molecule has 0 amide bonds. The zero-order valence-electron chi connectivity index (χ0n) is 20.4. The number of H-pyrrole nitrogens is 1. The molecule has 1 atom stereocenters. The van der Waals surface area contributed by atoms with Crippen molar-refractivity contribution in [2.75, 3.05) is 53.6 Å². The number of nitrogens with two attached hydrogens (primary N) is 1. The van der Waals surface area contributed by atoms with Gasteiger partial charge in [-0.1, -0.05) is 6.92 Å². The Morgan fingerprint density at radius 1 is 1.15 bits per heavy atom. The zero-order chi connectivity index (χ0) is 24.0. The van der Waals surface area contributed by atoms with Crippen LogP contribution in [0.1, 0.15) is 43.1 Å². The molecule has 1 aromatic heterocycles. The summed E-state index contributed by atoms with van der Waals surface area (Å²) < 4.78 is 17.0. The third-order valence-corrected chi connectivity index (χ3v) is 6.34. The van der Waals surface area contributed by atoms with Crippen molar-refractivity contribution in [3.05, 3.63) is 35.2 Å². The van der Waals surface area contributed by atoms with E-state index in [0.717, 1.165) is 30.6 Å². The van der Waals surface area contributed by atoms with E-state index in [2.05, 4.69) is 32.7 Å². The van der Waals surface area contributed by atoms with Crippen molar-refractivity contribution < 1.29 is 14.2 Å². The maximum Gasteiger partial charge on any atom is 0.198 e. The summed E-state index contributed by atoms with van der Waals surface area (Å²) >= 11 is 0. The lowest BCUT2D eigenvalue weighted by Gasteiger charge is -2.35. The summed E-state index contributed by atoms with van der Waals surface area (Å²) in [5.41, 5.74) is 9.02. The van der Waals surface area contributed by atoms with Crippen molar-refractivity contribution in [1.29, 1.82) is 0 Å². The summed E-state index contributed by atoms with van der Waals surface area (Å²) in [4.78, 5) is 7.25. The Bertz CT molecular complexity index is 987. The van der Waals surface area contributed by atoms with E-state index in [4.69, 9.17) is 24.9 Å². The Kier molecular flexibility index (Phi) is 7.91. The van der Waals surface area contributed by atoms with E-state index in [0.29, 0.717) is 48.6 Å². The number of guanidine groups is 1. The fourth-order valence-corrected chi connectivity index (χ4v) is 4.41. The van der Waals surface area contributed by atoms with Crippen molar-refractivity contribution in [3.8, 4) is 11.5 Å². The minimum Gasteiger partial charge on any atom is -0.493 e. The van der Waals surface area contributed by atoms with Crippen LogP contribution in [0.3, 0.4) is 0 Å². The largest absolute Gasteiger partial charge is 0.493 e. The van der Waals surface area contributed by atoms with Gasteiger partial charge in [-0.05, 0) is 50.9 Å².